The van der Waals surface area contributed by atoms with Gasteiger partial charge >= 0.3 is 0 Å². The number of hydrogen-bond acceptors (Lipinski definition) is 4. The molecule has 0 radical (unpaired) electrons. The van der Waals surface area contributed by atoms with Crippen LogP contribution >= 0.6 is 0 Å². The second-order valence-corrected chi connectivity index (χ2v) is 7.72. The molecule has 120 valence electrons. The lowest BCUT2D eigenvalue weighted by atomic mass is 9.99. The summed E-state index contributed by atoms with van der Waals surface area (Å²) in [6.45, 7) is 4.39. The molecular weight excluding hydrogens is 312 g/mol. The van der Waals surface area contributed by atoms with E-state index in [4.69, 9.17) is 9.47 Å². The first kappa shape index (κ1) is 15.6. The molecule has 0 N–H and O–H groups in total. The molecular formula is C18H18O4S. The van der Waals surface area contributed by atoms with Crippen LogP contribution in [-0.4, -0.2) is 21.5 Å². The fraction of sp³-hybridized carbons (Fsp3) is 0.222. The van der Waals surface area contributed by atoms with E-state index in [1.807, 2.05) is 30.3 Å². The normalized spacial score (nSPS) is 13.1. The summed E-state index contributed by atoms with van der Waals surface area (Å²) >= 11 is 0. The van der Waals surface area contributed by atoms with Crippen molar-refractivity contribution in [2.75, 3.05) is 13.0 Å². The van der Waals surface area contributed by atoms with E-state index < -0.39 is 9.84 Å². The summed E-state index contributed by atoms with van der Waals surface area (Å²) in [5, 5.41) is 0. The van der Waals surface area contributed by atoms with Gasteiger partial charge in [-0.15, -0.1) is 0 Å². The minimum atomic E-state index is -3.15. The second kappa shape index (κ2) is 6.08. The smallest absolute Gasteiger partial charge is 0.231 e. The number of benzene rings is 2. The maximum atomic E-state index is 11.5. The Morgan fingerprint density at radius 1 is 1.00 bits per heavy atom. The minimum absolute atomic E-state index is 0.270. The second-order valence-electron chi connectivity index (χ2n) is 5.71. The molecule has 1 aliphatic rings. The van der Waals surface area contributed by atoms with Crippen molar-refractivity contribution in [3.63, 3.8) is 0 Å². The summed E-state index contributed by atoms with van der Waals surface area (Å²) in [7, 11) is -3.15. The molecule has 0 amide bonds. The molecule has 1 aliphatic heterocycles. The van der Waals surface area contributed by atoms with Gasteiger partial charge in [0.25, 0.3) is 0 Å². The number of sulfone groups is 1. The molecule has 0 unspecified atom stereocenters. The van der Waals surface area contributed by atoms with Crippen molar-refractivity contribution < 1.29 is 17.9 Å². The van der Waals surface area contributed by atoms with Crippen molar-refractivity contribution in [2.24, 2.45) is 0 Å². The van der Waals surface area contributed by atoms with Gasteiger partial charge in [-0.1, -0.05) is 30.4 Å². The zero-order valence-corrected chi connectivity index (χ0v) is 13.7. The molecule has 0 saturated carbocycles. The predicted molar refractivity (Wildman–Crippen MR) is 88.7 cm³/mol. The van der Waals surface area contributed by atoms with Crippen LogP contribution in [0.3, 0.4) is 0 Å². The van der Waals surface area contributed by atoms with Gasteiger partial charge in [0.2, 0.25) is 6.79 Å². The maximum absolute atomic E-state index is 11.5. The first-order chi connectivity index (χ1) is 10.9. The van der Waals surface area contributed by atoms with Gasteiger partial charge in [0.15, 0.2) is 21.3 Å². The lowest BCUT2D eigenvalue weighted by Gasteiger charge is -2.08. The Bertz CT molecular complexity index is 836. The quantitative estimate of drug-likeness (QED) is 0.790. The number of allylic oxidation sites excluding steroid dienone is 1. The molecule has 0 fully saturated rings. The minimum Gasteiger partial charge on any atom is -0.454 e. The maximum Gasteiger partial charge on any atom is 0.231 e. The average Bonchev–Trinajstić information content (AvgIpc) is 2.94. The first-order valence-corrected chi connectivity index (χ1v) is 9.15. The van der Waals surface area contributed by atoms with E-state index in [1.54, 1.807) is 12.1 Å². The SMILES string of the molecule is C=C(Cc1ccc(S(C)(=O)=O)cc1)Cc1ccc2c(c1)OCO2. The van der Waals surface area contributed by atoms with Crippen molar-refractivity contribution in [3.05, 3.63) is 65.7 Å². The van der Waals surface area contributed by atoms with E-state index in [9.17, 15) is 8.42 Å². The number of fused-ring (bicyclic) bond motifs is 1. The topological polar surface area (TPSA) is 52.6 Å². The zero-order valence-electron chi connectivity index (χ0n) is 12.9. The average molecular weight is 330 g/mol. The van der Waals surface area contributed by atoms with Gasteiger partial charge in [-0.05, 0) is 48.2 Å². The summed E-state index contributed by atoms with van der Waals surface area (Å²) in [5.74, 6) is 1.54. The van der Waals surface area contributed by atoms with Gasteiger partial charge in [0, 0.05) is 6.26 Å². The Labute approximate surface area is 136 Å². The van der Waals surface area contributed by atoms with Crippen LogP contribution in [0.1, 0.15) is 11.1 Å². The lowest BCUT2D eigenvalue weighted by Crippen LogP contribution is -1.98. The van der Waals surface area contributed by atoms with Crippen LogP contribution in [0.4, 0.5) is 0 Å². The molecule has 3 rings (SSSR count). The summed E-state index contributed by atoms with van der Waals surface area (Å²) in [5.41, 5.74) is 3.21. The van der Waals surface area contributed by atoms with Crippen LogP contribution in [0.2, 0.25) is 0 Å². The highest BCUT2D eigenvalue weighted by Gasteiger charge is 2.13. The fourth-order valence-electron chi connectivity index (χ4n) is 2.55. The summed E-state index contributed by atoms with van der Waals surface area (Å²) in [6.07, 6.45) is 2.66. The monoisotopic (exact) mass is 330 g/mol. The van der Waals surface area contributed by atoms with Gasteiger partial charge in [-0.3, -0.25) is 0 Å². The third-order valence-corrected chi connectivity index (χ3v) is 4.83. The third-order valence-electron chi connectivity index (χ3n) is 3.70. The van der Waals surface area contributed by atoms with Gasteiger partial charge in [0.05, 0.1) is 4.90 Å². The molecule has 2 aromatic carbocycles. The van der Waals surface area contributed by atoms with Crippen LogP contribution in [0.15, 0.2) is 59.5 Å². The van der Waals surface area contributed by atoms with Gasteiger partial charge in [-0.2, -0.15) is 0 Å². The molecule has 0 aliphatic carbocycles. The van der Waals surface area contributed by atoms with Crippen molar-refractivity contribution in [1.29, 1.82) is 0 Å². The molecule has 0 saturated heterocycles. The van der Waals surface area contributed by atoms with E-state index in [2.05, 4.69) is 6.58 Å². The number of rotatable bonds is 5. The Kier molecular flexibility index (Phi) is 4.13. The zero-order chi connectivity index (χ0) is 16.4. The molecule has 0 aromatic heterocycles. The van der Waals surface area contributed by atoms with E-state index >= 15 is 0 Å². The highest BCUT2D eigenvalue weighted by atomic mass is 32.2. The van der Waals surface area contributed by atoms with Gasteiger partial charge in [-0.25, -0.2) is 8.42 Å². The van der Waals surface area contributed by atoms with Crippen molar-refractivity contribution >= 4 is 9.84 Å². The van der Waals surface area contributed by atoms with E-state index in [0.29, 0.717) is 11.3 Å². The highest BCUT2D eigenvalue weighted by molar-refractivity contribution is 7.90. The van der Waals surface area contributed by atoms with Crippen LogP contribution < -0.4 is 9.47 Å². The lowest BCUT2D eigenvalue weighted by molar-refractivity contribution is 0.174. The molecule has 1 heterocycles. The number of hydrogen-bond donors (Lipinski definition) is 0. The number of ether oxygens (including phenoxy) is 2. The molecule has 0 spiro atoms. The van der Waals surface area contributed by atoms with E-state index in [-0.39, 0.29) is 6.79 Å². The van der Waals surface area contributed by atoms with Crippen molar-refractivity contribution in [2.45, 2.75) is 17.7 Å². The largest absolute Gasteiger partial charge is 0.454 e. The summed E-state index contributed by atoms with van der Waals surface area (Å²) in [4.78, 5) is 0.336. The predicted octanol–water partition coefficient (Wildman–Crippen LogP) is 3.16. The Morgan fingerprint density at radius 3 is 2.30 bits per heavy atom. The molecule has 5 heteroatoms. The van der Waals surface area contributed by atoms with Crippen molar-refractivity contribution in [1.82, 2.24) is 0 Å². The molecule has 4 nitrogen and oxygen atoms in total. The van der Waals surface area contributed by atoms with Crippen LogP contribution in [0.5, 0.6) is 11.5 Å². The van der Waals surface area contributed by atoms with Gasteiger partial charge < -0.3 is 9.47 Å². The van der Waals surface area contributed by atoms with Gasteiger partial charge in [0.1, 0.15) is 0 Å². The highest BCUT2D eigenvalue weighted by Crippen LogP contribution is 2.33. The van der Waals surface area contributed by atoms with E-state index in [1.165, 1.54) is 6.26 Å². The van der Waals surface area contributed by atoms with Crippen LogP contribution in [0, 0.1) is 0 Å². The standard InChI is InChI=1S/C18H18O4S/c1-13(9-14-3-6-16(7-4-14)23(2,19)20)10-15-5-8-17-18(11-15)22-12-21-17/h3-8,11H,1,9-10,12H2,2H3. The van der Waals surface area contributed by atoms with Crippen LogP contribution in [0.25, 0.3) is 0 Å². The Hall–Kier alpha value is -2.27. The Morgan fingerprint density at radius 2 is 1.61 bits per heavy atom. The molecule has 23 heavy (non-hydrogen) atoms. The molecule has 2 aromatic rings. The first-order valence-electron chi connectivity index (χ1n) is 7.26. The van der Waals surface area contributed by atoms with Crippen molar-refractivity contribution in [3.8, 4) is 11.5 Å². The van der Waals surface area contributed by atoms with E-state index in [0.717, 1.165) is 34.6 Å². The van der Waals surface area contributed by atoms with Crippen LogP contribution in [-0.2, 0) is 22.7 Å². The summed E-state index contributed by atoms with van der Waals surface area (Å²) in [6, 6.07) is 12.8. The molecule has 0 bridgehead atoms. The fourth-order valence-corrected chi connectivity index (χ4v) is 3.18. The molecule has 0 atom stereocenters. The summed E-state index contributed by atoms with van der Waals surface area (Å²) < 4.78 is 33.6. The third kappa shape index (κ3) is 3.74. The Balaban J connectivity index is 1.65.